The number of carboxylic acid groups (broad SMARTS) is 1. The molecule has 3 heterocycles. The fourth-order valence-corrected chi connectivity index (χ4v) is 6.99. The average molecular weight is 456 g/mol. The molecule has 1 aliphatic heterocycles. The Kier molecular flexibility index (Phi) is 5.94. The Balaban J connectivity index is 0.000000724. The summed E-state index contributed by atoms with van der Waals surface area (Å²) in [5, 5.41) is 15.4. The Morgan fingerprint density at radius 3 is 2.58 bits per heavy atom. The van der Waals surface area contributed by atoms with Crippen LogP contribution >= 0.6 is 0 Å². The third-order valence-corrected chi connectivity index (χ3v) is 7.75. The predicted octanol–water partition coefficient (Wildman–Crippen LogP) is 2.33. The molecule has 10 heteroatoms. The second-order valence-electron chi connectivity index (χ2n) is 10.0. The third-order valence-electron chi connectivity index (χ3n) is 7.75. The van der Waals surface area contributed by atoms with Crippen LogP contribution in [0.5, 0.6) is 0 Å². The molecule has 33 heavy (non-hydrogen) atoms. The van der Waals surface area contributed by atoms with Crippen molar-refractivity contribution < 1.29 is 14.6 Å². The van der Waals surface area contributed by atoms with E-state index < -0.39 is 0 Å². The molecule has 0 spiro atoms. The van der Waals surface area contributed by atoms with E-state index in [1.54, 1.807) is 6.33 Å². The zero-order valence-electron chi connectivity index (χ0n) is 19.2. The van der Waals surface area contributed by atoms with Gasteiger partial charge in [0.2, 0.25) is 5.95 Å². The van der Waals surface area contributed by atoms with Gasteiger partial charge < -0.3 is 20.1 Å². The highest BCUT2D eigenvalue weighted by Crippen LogP contribution is 2.61. The van der Waals surface area contributed by atoms with Crippen molar-refractivity contribution in [3.8, 4) is 0 Å². The van der Waals surface area contributed by atoms with E-state index in [-0.39, 0.29) is 17.6 Å². The topological polar surface area (TPSA) is 118 Å². The van der Waals surface area contributed by atoms with Gasteiger partial charge in [-0.05, 0) is 56.8 Å². The smallest absolute Gasteiger partial charge is 0.290 e. The van der Waals surface area contributed by atoms with Gasteiger partial charge in [-0.25, -0.2) is 14.6 Å². The Labute approximate surface area is 193 Å². The van der Waals surface area contributed by atoms with E-state index in [9.17, 15) is 0 Å². The summed E-state index contributed by atoms with van der Waals surface area (Å²) < 4.78 is 7.68. The molecular formula is C23H33N7O3. The average Bonchev–Trinajstić information content (AvgIpc) is 3.35. The number of ether oxygens (including phenoxy) is 1. The van der Waals surface area contributed by atoms with Crippen LogP contribution in [-0.2, 0) is 21.5 Å². The van der Waals surface area contributed by atoms with Gasteiger partial charge in [0.25, 0.3) is 6.47 Å². The minimum absolute atomic E-state index is 0.0949. The number of rotatable bonds is 5. The van der Waals surface area contributed by atoms with Gasteiger partial charge in [-0.3, -0.25) is 4.79 Å². The highest BCUT2D eigenvalue weighted by molar-refractivity contribution is 5.47. The molecule has 4 aliphatic carbocycles. The van der Waals surface area contributed by atoms with Crippen LogP contribution in [0.3, 0.4) is 0 Å². The van der Waals surface area contributed by atoms with Crippen LogP contribution in [0.15, 0.2) is 18.7 Å². The highest BCUT2D eigenvalue weighted by Gasteiger charge is 2.59. The minimum Gasteiger partial charge on any atom is -0.483 e. The molecule has 5 fully saturated rings. The van der Waals surface area contributed by atoms with Crippen molar-refractivity contribution in [2.24, 2.45) is 11.8 Å². The number of hydrogen-bond donors (Lipinski definition) is 2. The number of nitrogens with one attached hydrogen (secondary N) is 1. The SMILES string of the molecule is CCc1cc(NC23CC4CC(C2)CC(n2cncn2)(C4)C3)nc(N2CCOCC2)n1.O=CO. The first kappa shape index (κ1) is 22.1. The van der Waals surface area contributed by atoms with Crippen molar-refractivity contribution in [1.29, 1.82) is 0 Å². The normalized spacial score (nSPS) is 32.2. The first-order valence-electron chi connectivity index (χ1n) is 12.0. The van der Waals surface area contributed by atoms with Crippen LogP contribution in [0.4, 0.5) is 11.8 Å². The molecule has 0 amide bonds. The molecule has 2 unspecified atom stereocenters. The van der Waals surface area contributed by atoms with E-state index in [1.165, 1.54) is 32.1 Å². The van der Waals surface area contributed by atoms with Crippen LogP contribution < -0.4 is 10.2 Å². The van der Waals surface area contributed by atoms with Gasteiger partial charge in [-0.1, -0.05) is 6.92 Å². The lowest BCUT2D eigenvalue weighted by molar-refractivity contribution is -0.122. The molecule has 0 radical (unpaired) electrons. The monoisotopic (exact) mass is 455 g/mol. The highest BCUT2D eigenvalue weighted by atomic mass is 16.5. The fraction of sp³-hybridized carbons (Fsp3) is 0.696. The number of aryl methyl sites for hydroxylation is 1. The summed E-state index contributed by atoms with van der Waals surface area (Å²) in [6.45, 7) is 5.13. The van der Waals surface area contributed by atoms with E-state index >= 15 is 0 Å². The van der Waals surface area contributed by atoms with Gasteiger partial charge in [0, 0.05) is 30.4 Å². The lowest BCUT2D eigenvalue weighted by Gasteiger charge is -2.62. The molecule has 2 aromatic heterocycles. The summed E-state index contributed by atoms with van der Waals surface area (Å²) in [5.74, 6) is 3.35. The van der Waals surface area contributed by atoms with Crippen LogP contribution in [0.1, 0.15) is 51.1 Å². The third kappa shape index (κ3) is 4.28. The molecule has 7 rings (SSSR count). The minimum atomic E-state index is -0.250. The molecule has 4 saturated carbocycles. The molecule has 1 saturated heterocycles. The van der Waals surface area contributed by atoms with E-state index in [2.05, 4.69) is 38.0 Å². The van der Waals surface area contributed by atoms with Gasteiger partial charge in [0.1, 0.15) is 18.5 Å². The van der Waals surface area contributed by atoms with Crippen LogP contribution in [0.25, 0.3) is 0 Å². The van der Waals surface area contributed by atoms with Gasteiger partial charge in [-0.15, -0.1) is 0 Å². The molecule has 2 N–H and O–H groups in total. The summed E-state index contributed by atoms with van der Waals surface area (Å²) in [7, 11) is 0. The van der Waals surface area contributed by atoms with Crippen molar-refractivity contribution in [2.75, 3.05) is 36.5 Å². The van der Waals surface area contributed by atoms with Gasteiger partial charge in [0.05, 0.1) is 18.8 Å². The second kappa shape index (κ2) is 8.89. The van der Waals surface area contributed by atoms with Crippen molar-refractivity contribution in [3.63, 3.8) is 0 Å². The molecule has 5 aliphatic rings. The molecule has 0 aromatic carbocycles. The molecule has 2 aromatic rings. The summed E-state index contributed by atoms with van der Waals surface area (Å²) in [5.41, 5.74) is 1.31. The van der Waals surface area contributed by atoms with Crippen molar-refractivity contribution in [1.82, 2.24) is 24.7 Å². The number of hydrogen-bond acceptors (Lipinski definition) is 8. The quantitative estimate of drug-likeness (QED) is 0.655. The first-order chi connectivity index (χ1) is 16.1. The Bertz CT molecular complexity index is 947. The molecule has 4 bridgehead atoms. The van der Waals surface area contributed by atoms with Crippen LogP contribution in [0.2, 0.25) is 0 Å². The maximum atomic E-state index is 8.36. The Morgan fingerprint density at radius 1 is 1.21 bits per heavy atom. The summed E-state index contributed by atoms with van der Waals surface area (Å²) in [6.07, 6.45) is 11.9. The fourth-order valence-electron chi connectivity index (χ4n) is 6.99. The Hall–Kier alpha value is -2.75. The standard InChI is InChI=1S/C22H31N7O.CH2O2/c1-2-18-8-19(26-20(25-18)28-3-5-30-6-4-28)27-21-9-16-7-17(10-21)12-22(11-16,13-21)29-15-23-14-24-29;2-1-3/h8,14-17H,2-7,9-13H2,1H3,(H,25,26,27);1H,(H,2,3). The zero-order valence-corrected chi connectivity index (χ0v) is 19.2. The number of anilines is 2. The largest absolute Gasteiger partial charge is 0.483 e. The summed E-state index contributed by atoms with van der Waals surface area (Å²) >= 11 is 0. The van der Waals surface area contributed by atoms with E-state index in [0.717, 1.165) is 68.4 Å². The Morgan fingerprint density at radius 2 is 1.94 bits per heavy atom. The predicted molar refractivity (Wildman–Crippen MR) is 122 cm³/mol. The maximum absolute atomic E-state index is 8.36. The number of aromatic nitrogens is 5. The first-order valence-corrected chi connectivity index (χ1v) is 12.0. The van der Waals surface area contributed by atoms with Gasteiger partial charge in [0.15, 0.2) is 0 Å². The lowest BCUT2D eigenvalue weighted by atomic mass is 9.50. The number of nitrogens with zero attached hydrogens (tertiary/aromatic N) is 6. The second-order valence-corrected chi connectivity index (χ2v) is 10.0. The van der Waals surface area contributed by atoms with Crippen LogP contribution in [0, 0.1) is 11.8 Å². The van der Waals surface area contributed by atoms with Gasteiger partial charge in [-0.2, -0.15) is 10.1 Å². The summed E-state index contributed by atoms with van der Waals surface area (Å²) in [4.78, 5) is 24.7. The van der Waals surface area contributed by atoms with E-state index in [1.807, 2.05) is 6.33 Å². The number of carbonyl (C=O) groups is 1. The zero-order chi connectivity index (χ0) is 22.9. The summed E-state index contributed by atoms with van der Waals surface area (Å²) in [6, 6.07) is 2.16. The maximum Gasteiger partial charge on any atom is 0.290 e. The van der Waals surface area contributed by atoms with Crippen molar-refractivity contribution in [2.45, 2.75) is 62.9 Å². The van der Waals surface area contributed by atoms with Crippen molar-refractivity contribution >= 4 is 18.2 Å². The molecule has 10 nitrogen and oxygen atoms in total. The number of morpholine rings is 1. The molecule has 178 valence electrons. The molecule has 2 atom stereocenters. The van der Waals surface area contributed by atoms with E-state index in [0.29, 0.717) is 0 Å². The lowest BCUT2D eigenvalue weighted by Crippen LogP contribution is -2.62. The van der Waals surface area contributed by atoms with Gasteiger partial charge >= 0.3 is 0 Å². The van der Waals surface area contributed by atoms with Crippen LogP contribution in [-0.4, -0.2) is 68.2 Å². The molecular weight excluding hydrogens is 422 g/mol. The van der Waals surface area contributed by atoms with Crippen molar-refractivity contribution in [3.05, 3.63) is 24.4 Å². The van der Waals surface area contributed by atoms with E-state index in [4.69, 9.17) is 24.6 Å².